The van der Waals surface area contributed by atoms with E-state index < -0.39 is 6.10 Å². The number of carbonyl (C=O) groups excluding carboxylic acids is 1. The Morgan fingerprint density at radius 3 is 2.78 bits per heavy atom. The van der Waals surface area contributed by atoms with Crippen LogP contribution in [0.1, 0.15) is 35.9 Å². The highest BCUT2D eigenvalue weighted by atomic mass is 16.3. The molecule has 2 atom stereocenters. The van der Waals surface area contributed by atoms with Crippen LogP contribution >= 0.6 is 0 Å². The SMILES string of the molecule is Cc1c(C(=O)N2CCC[C@H]([C@H](C)O)C2)nnn1-c1ccccc1. The number of aliphatic hydroxyl groups is 1. The molecule has 23 heavy (non-hydrogen) atoms. The number of hydrogen-bond donors (Lipinski definition) is 1. The van der Waals surface area contributed by atoms with Crippen molar-refractivity contribution >= 4 is 5.91 Å². The fourth-order valence-electron chi connectivity index (χ4n) is 3.08. The molecule has 2 aromatic rings. The third-order valence-electron chi connectivity index (χ3n) is 4.53. The lowest BCUT2D eigenvalue weighted by molar-refractivity contribution is 0.0461. The molecule has 1 aromatic carbocycles. The molecule has 0 bridgehead atoms. The molecule has 2 heterocycles. The average Bonchev–Trinajstić information content (AvgIpc) is 2.96. The second kappa shape index (κ2) is 6.50. The number of benzene rings is 1. The Kier molecular flexibility index (Phi) is 4.43. The second-order valence-electron chi connectivity index (χ2n) is 6.16. The number of nitrogens with zero attached hydrogens (tertiary/aromatic N) is 4. The van der Waals surface area contributed by atoms with Gasteiger partial charge in [-0.15, -0.1) is 5.10 Å². The van der Waals surface area contributed by atoms with Crippen LogP contribution in [0.4, 0.5) is 0 Å². The minimum atomic E-state index is -0.397. The number of aliphatic hydroxyl groups excluding tert-OH is 1. The van der Waals surface area contributed by atoms with Gasteiger partial charge in [-0.2, -0.15) is 0 Å². The monoisotopic (exact) mass is 314 g/mol. The molecule has 6 nitrogen and oxygen atoms in total. The van der Waals surface area contributed by atoms with E-state index in [0.29, 0.717) is 18.8 Å². The van der Waals surface area contributed by atoms with Crippen molar-refractivity contribution in [3.63, 3.8) is 0 Å². The van der Waals surface area contributed by atoms with Gasteiger partial charge in [0.05, 0.1) is 17.5 Å². The van der Waals surface area contributed by atoms with Gasteiger partial charge in [-0.3, -0.25) is 4.79 Å². The van der Waals surface area contributed by atoms with Crippen LogP contribution in [0.2, 0.25) is 0 Å². The number of amides is 1. The number of aromatic nitrogens is 3. The lowest BCUT2D eigenvalue weighted by Crippen LogP contribution is -2.43. The molecule has 0 spiro atoms. The predicted molar refractivity (Wildman–Crippen MR) is 86.4 cm³/mol. The van der Waals surface area contributed by atoms with Gasteiger partial charge in [0, 0.05) is 19.0 Å². The molecule has 3 rings (SSSR count). The number of carbonyl (C=O) groups is 1. The minimum Gasteiger partial charge on any atom is -0.393 e. The largest absolute Gasteiger partial charge is 0.393 e. The first-order chi connectivity index (χ1) is 11.1. The first-order valence-corrected chi connectivity index (χ1v) is 8.03. The van der Waals surface area contributed by atoms with Gasteiger partial charge in [-0.1, -0.05) is 23.4 Å². The molecular formula is C17H22N4O2. The van der Waals surface area contributed by atoms with Crippen LogP contribution in [0, 0.1) is 12.8 Å². The molecule has 122 valence electrons. The van der Waals surface area contributed by atoms with Crippen molar-refractivity contribution in [1.82, 2.24) is 19.9 Å². The summed E-state index contributed by atoms with van der Waals surface area (Å²) in [5.41, 5.74) is 2.01. The van der Waals surface area contributed by atoms with Crippen molar-refractivity contribution in [3.8, 4) is 5.69 Å². The molecule has 0 unspecified atom stereocenters. The molecule has 1 aliphatic rings. The Morgan fingerprint density at radius 1 is 1.35 bits per heavy atom. The van der Waals surface area contributed by atoms with Gasteiger partial charge in [-0.25, -0.2) is 4.68 Å². The maximum Gasteiger partial charge on any atom is 0.276 e. The van der Waals surface area contributed by atoms with E-state index in [4.69, 9.17) is 0 Å². The molecular weight excluding hydrogens is 292 g/mol. The lowest BCUT2D eigenvalue weighted by Gasteiger charge is -2.33. The van der Waals surface area contributed by atoms with Gasteiger partial charge in [0.2, 0.25) is 0 Å². The van der Waals surface area contributed by atoms with E-state index in [-0.39, 0.29) is 11.8 Å². The van der Waals surface area contributed by atoms with Gasteiger partial charge in [0.25, 0.3) is 5.91 Å². The van der Waals surface area contributed by atoms with Crippen molar-refractivity contribution in [3.05, 3.63) is 41.7 Å². The standard InChI is InChI=1S/C17H22N4O2/c1-12-16(18-19-21(12)15-8-4-3-5-9-15)17(23)20-10-6-7-14(11-20)13(2)22/h3-5,8-9,13-14,22H,6-7,10-11H2,1-2H3/t13-,14-/m0/s1. The number of hydrogen-bond acceptors (Lipinski definition) is 4. The molecule has 1 amide bonds. The quantitative estimate of drug-likeness (QED) is 0.938. The van der Waals surface area contributed by atoms with E-state index in [1.54, 1.807) is 16.5 Å². The van der Waals surface area contributed by atoms with E-state index in [0.717, 1.165) is 24.2 Å². The third kappa shape index (κ3) is 3.12. The third-order valence-corrected chi connectivity index (χ3v) is 4.53. The summed E-state index contributed by atoms with van der Waals surface area (Å²) in [5.74, 6) is 0.0344. The predicted octanol–water partition coefficient (Wildman–Crippen LogP) is 1.81. The number of piperidine rings is 1. The summed E-state index contributed by atoms with van der Waals surface area (Å²) < 4.78 is 1.68. The van der Waals surface area contributed by atoms with E-state index in [1.807, 2.05) is 37.3 Å². The fourth-order valence-corrected chi connectivity index (χ4v) is 3.08. The van der Waals surface area contributed by atoms with Gasteiger partial charge >= 0.3 is 0 Å². The summed E-state index contributed by atoms with van der Waals surface area (Å²) in [6.07, 6.45) is 1.47. The van der Waals surface area contributed by atoms with Crippen LogP contribution in [0.3, 0.4) is 0 Å². The normalized spacial score (nSPS) is 19.6. The summed E-state index contributed by atoms with van der Waals surface area (Å²) >= 11 is 0. The number of para-hydroxylation sites is 1. The van der Waals surface area contributed by atoms with E-state index >= 15 is 0 Å². The fraction of sp³-hybridized carbons (Fsp3) is 0.471. The zero-order valence-electron chi connectivity index (χ0n) is 13.5. The highest BCUT2D eigenvalue weighted by Crippen LogP contribution is 2.22. The maximum atomic E-state index is 12.8. The molecule has 0 saturated carbocycles. The first-order valence-electron chi connectivity index (χ1n) is 8.03. The molecule has 0 aliphatic carbocycles. The van der Waals surface area contributed by atoms with Crippen LogP contribution < -0.4 is 0 Å². The highest BCUT2D eigenvalue weighted by molar-refractivity contribution is 5.93. The zero-order chi connectivity index (χ0) is 16.4. The summed E-state index contributed by atoms with van der Waals surface area (Å²) in [6, 6.07) is 9.65. The summed E-state index contributed by atoms with van der Waals surface area (Å²) in [5, 5.41) is 18.0. The maximum absolute atomic E-state index is 12.8. The first kappa shape index (κ1) is 15.7. The Balaban J connectivity index is 1.82. The van der Waals surface area contributed by atoms with Crippen LogP contribution in [0.5, 0.6) is 0 Å². The van der Waals surface area contributed by atoms with Crippen molar-refractivity contribution in [2.45, 2.75) is 32.8 Å². The summed E-state index contributed by atoms with van der Waals surface area (Å²) in [7, 11) is 0. The molecule has 0 radical (unpaired) electrons. The molecule has 6 heteroatoms. The van der Waals surface area contributed by atoms with Crippen LogP contribution in [0.25, 0.3) is 5.69 Å². The molecule has 1 aliphatic heterocycles. The smallest absolute Gasteiger partial charge is 0.276 e. The molecule has 1 aromatic heterocycles. The van der Waals surface area contributed by atoms with Crippen LogP contribution in [0.15, 0.2) is 30.3 Å². The van der Waals surface area contributed by atoms with Crippen molar-refractivity contribution < 1.29 is 9.90 Å². The van der Waals surface area contributed by atoms with Crippen LogP contribution in [-0.4, -0.2) is 50.1 Å². The highest BCUT2D eigenvalue weighted by Gasteiger charge is 2.29. The molecule has 1 N–H and O–H groups in total. The van der Waals surface area contributed by atoms with E-state index in [2.05, 4.69) is 10.3 Å². The Labute approximate surface area is 135 Å². The van der Waals surface area contributed by atoms with Crippen molar-refractivity contribution in [2.24, 2.45) is 5.92 Å². The zero-order valence-corrected chi connectivity index (χ0v) is 13.5. The van der Waals surface area contributed by atoms with Crippen molar-refractivity contribution in [1.29, 1.82) is 0 Å². The summed E-state index contributed by atoms with van der Waals surface area (Å²) in [4.78, 5) is 14.5. The second-order valence-corrected chi connectivity index (χ2v) is 6.16. The minimum absolute atomic E-state index is 0.102. The van der Waals surface area contributed by atoms with Gasteiger partial charge in [0.15, 0.2) is 5.69 Å². The van der Waals surface area contributed by atoms with E-state index in [9.17, 15) is 9.90 Å². The van der Waals surface area contributed by atoms with Gasteiger partial charge in [0.1, 0.15) is 0 Å². The number of likely N-dealkylation sites (tertiary alicyclic amines) is 1. The molecule has 1 fully saturated rings. The van der Waals surface area contributed by atoms with Gasteiger partial charge in [-0.05, 0) is 38.8 Å². The topological polar surface area (TPSA) is 71.2 Å². The van der Waals surface area contributed by atoms with Crippen LogP contribution in [-0.2, 0) is 0 Å². The molecule has 1 saturated heterocycles. The number of rotatable bonds is 3. The van der Waals surface area contributed by atoms with Gasteiger partial charge < -0.3 is 10.0 Å². The summed E-state index contributed by atoms with van der Waals surface area (Å²) in [6.45, 7) is 4.93. The Bertz CT molecular complexity index is 681. The van der Waals surface area contributed by atoms with E-state index in [1.165, 1.54) is 0 Å². The average molecular weight is 314 g/mol. The Hall–Kier alpha value is -2.21. The lowest BCUT2D eigenvalue weighted by atomic mass is 9.93. The van der Waals surface area contributed by atoms with Crippen molar-refractivity contribution in [2.75, 3.05) is 13.1 Å². The Morgan fingerprint density at radius 2 is 2.09 bits per heavy atom.